The van der Waals surface area contributed by atoms with E-state index in [1.54, 1.807) is 0 Å². The van der Waals surface area contributed by atoms with E-state index in [-0.39, 0.29) is 12.2 Å². The molecule has 1 fully saturated rings. The average molecular weight is 280 g/mol. The monoisotopic (exact) mass is 280 g/mol. The number of aromatic nitrogens is 2. The minimum atomic E-state index is 0.109. The van der Waals surface area contributed by atoms with Crippen molar-refractivity contribution in [3.05, 3.63) is 12.4 Å². The number of hydrogen-bond donors (Lipinski definition) is 1. The summed E-state index contributed by atoms with van der Waals surface area (Å²) >= 11 is 0. The highest BCUT2D eigenvalue weighted by molar-refractivity contribution is 5.37. The Morgan fingerprint density at radius 3 is 3.10 bits per heavy atom. The molecule has 1 aliphatic heterocycles. The number of nitrogens with one attached hydrogen (secondary N) is 1. The van der Waals surface area contributed by atoms with Crippen LogP contribution in [0, 0.1) is 0 Å². The molecule has 0 aliphatic carbocycles. The molecule has 1 aliphatic rings. The Morgan fingerprint density at radius 1 is 1.50 bits per heavy atom. The summed E-state index contributed by atoms with van der Waals surface area (Å²) in [7, 11) is 0. The lowest BCUT2D eigenvalue weighted by Gasteiger charge is -2.32. The van der Waals surface area contributed by atoms with Crippen molar-refractivity contribution in [1.82, 2.24) is 14.9 Å². The SMILES string of the molecule is CCN1CCOC(CNc2cc(OC(C)C)ncn2)C1. The molecule has 1 atom stereocenters. The molecule has 1 aromatic heterocycles. The van der Waals surface area contributed by atoms with Crippen LogP contribution >= 0.6 is 0 Å². The molecule has 2 rings (SSSR count). The van der Waals surface area contributed by atoms with Gasteiger partial charge < -0.3 is 14.8 Å². The molecule has 6 nitrogen and oxygen atoms in total. The minimum Gasteiger partial charge on any atom is -0.475 e. The van der Waals surface area contributed by atoms with E-state index in [2.05, 4.69) is 27.1 Å². The van der Waals surface area contributed by atoms with E-state index in [0.29, 0.717) is 5.88 Å². The minimum absolute atomic E-state index is 0.109. The summed E-state index contributed by atoms with van der Waals surface area (Å²) in [6.45, 7) is 10.7. The van der Waals surface area contributed by atoms with Gasteiger partial charge in [-0.2, -0.15) is 0 Å². The van der Waals surface area contributed by atoms with Gasteiger partial charge in [-0.25, -0.2) is 9.97 Å². The Morgan fingerprint density at radius 2 is 2.35 bits per heavy atom. The van der Waals surface area contributed by atoms with Gasteiger partial charge in [0.25, 0.3) is 0 Å². The number of morpholine rings is 1. The fourth-order valence-corrected chi connectivity index (χ4v) is 2.15. The molecule has 1 unspecified atom stereocenters. The molecule has 1 saturated heterocycles. The van der Waals surface area contributed by atoms with Crippen LogP contribution in [-0.4, -0.2) is 59.9 Å². The van der Waals surface area contributed by atoms with Gasteiger partial charge in [0.15, 0.2) is 0 Å². The highest BCUT2D eigenvalue weighted by Crippen LogP contribution is 2.13. The van der Waals surface area contributed by atoms with Crippen LogP contribution in [0.1, 0.15) is 20.8 Å². The predicted octanol–water partition coefficient (Wildman–Crippen LogP) is 1.40. The number of hydrogen-bond acceptors (Lipinski definition) is 6. The van der Waals surface area contributed by atoms with E-state index in [9.17, 15) is 0 Å². The number of ether oxygens (including phenoxy) is 2. The lowest BCUT2D eigenvalue weighted by molar-refractivity contribution is -0.0192. The average Bonchev–Trinajstić information content (AvgIpc) is 2.45. The molecule has 0 aromatic carbocycles. The van der Waals surface area contributed by atoms with Crippen molar-refractivity contribution in [3.63, 3.8) is 0 Å². The van der Waals surface area contributed by atoms with Crippen molar-refractivity contribution in [3.8, 4) is 5.88 Å². The lowest BCUT2D eigenvalue weighted by atomic mass is 10.2. The molecule has 0 radical (unpaired) electrons. The zero-order valence-electron chi connectivity index (χ0n) is 12.5. The van der Waals surface area contributed by atoms with Gasteiger partial charge in [-0.3, -0.25) is 4.90 Å². The second-order valence-electron chi connectivity index (χ2n) is 5.18. The zero-order valence-corrected chi connectivity index (χ0v) is 12.5. The molecule has 6 heteroatoms. The summed E-state index contributed by atoms with van der Waals surface area (Å²) in [4.78, 5) is 10.7. The molecule has 0 amide bonds. The van der Waals surface area contributed by atoms with Crippen LogP contribution in [0.2, 0.25) is 0 Å². The topological polar surface area (TPSA) is 59.5 Å². The van der Waals surface area contributed by atoms with Crippen molar-refractivity contribution in [2.24, 2.45) is 0 Å². The third-order valence-corrected chi connectivity index (χ3v) is 3.18. The largest absolute Gasteiger partial charge is 0.475 e. The molecule has 0 spiro atoms. The first-order valence-electron chi connectivity index (χ1n) is 7.24. The van der Waals surface area contributed by atoms with E-state index in [0.717, 1.165) is 38.6 Å². The summed E-state index contributed by atoms with van der Waals surface area (Å²) in [5.74, 6) is 1.37. The maximum atomic E-state index is 5.75. The summed E-state index contributed by atoms with van der Waals surface area (Å²) < 4.78 is 11.3. The Hall–Kier alpha value is -1.40. The molecule has 2 heterocycles. The van der Waals surface area contributed by atoms with Gasteiger partial charge in [0.2, 0.25) is 5.88 Å². The van der Waals surface area contributed by atoms with Crippen LogP contribution in [0.4, 0.5) is 5.82 Å². The summed E-state index contributed by atoms with van der Waals surface area (Å²) in [6, 6.07) is 1.82. The van der Waals surface area contributed by atoms with Crippen molar-refractivity contribution in [1.29, 1.82) is 0 Å². The second kappa shape index (κ2) is 7.40. The van der Waals surface area contributed by atoms with Crippen LogP contribution in [0.25, 0.3) is 0 Å². The smallest absolute Gasteiger partial charge is 0.218 e. The normalized spacial score (nSPS) is 20.1. The van der Waals surface area contributed by atoms with Crippen LogP contribution in [0.5, 0.6) is 5.88 Å². The first kappa shape index (κ1) is 15.0. The highest BCUT2D eigenvalue weighted by atomic mass is 16.5. The predicted molar refractivity (Wildman–Crippen MR) is 78.1 cm³/mol. The Labute approximate surface area is 120 Å². The van der Waals surface area contributed by atoms with Gasteiger partial charge >= 0.3 is 0 Å². The highest BCUT2D eigenvalue weighted by Gasteiger charge is 2.19. The van der Waals surface area contributed by atoms with Gasteiger partial charge in [-0.15, -0.1) is 0 Å². The summed E-state index contributed by atoms with van der Waals surface area (Å²) in [6.07, 6.45) is 1.82. The molecule has 0 bridgehead atoms. The molecule has 112 valence electrons. The van der Waals surface area contributed by atoms with E-state index >= 15 is 0 Å². The van der Waals surface area contributed by atoms with Crippen LogP contribution in [-0.2, 0) is 4.74 Å². The molecule has 1 N–H and O–H groups in total. The third-order valence-electron chi connectivity index (χ3n) is 3.18. The zero-order chi connectivity index (χ0) is 14.4. The van der Waals surface area contributed by atoms with Crippen molar-refractivity contribution in [2.75, 3.05) is 38.1 Å². The third kappa shape index (κ3) is 4.61. The van der Waals surface area contributed by atoms with Crippen molar-refractivity contribution < 1.29 is 9.47 Å². The summed E-state index contributed by atoms with van der Waals surface area (Å²) in [5, 5.41) is 3.29. The molecule has 0 saturated carbocycles. The van der Waals surface area contributed by atoms with Gasteiger partial charge in [-0.05, 0) is 20.4 Å². The molecule has 1 aromatic rings. The number of rotatable bonds is 6. The Kier molecular flexibility index (Phi) is 5.55. The quantitative estimate of drug-likeness (QED) is 0.850. The number of likely N-dealkylation sites (N-methyl/N-ethyl adjacent to an activating group) is 1. The Balaban J connectivity index is 1.84. The van der Waals surface area contributed by atoms with Gasteiger partial charge in [0, 0.05) is 25.7 Å². The second-order valence-corrected chi connectivity index (χ2v) is 5.18. The van der Waals surface area contributed by atoms with E-state index in [1.807, 2.05) is 19.9 Å². The fraction of sp³-hybridized carbons (Fsp3) is 0.714. The number of nitrogens with zero attached hydrogens (tertiary/aromatic N) is 3. The van der Waals surface area contributed by atoms with Gasteiger partial charge in [0.05, 0.1) is 18.8 Å². The fourth-order valence-electron chi connectivity index (χ4n) is 2.15. The van der Waals surface area contributed by atoms with E-state index < -0.39 is 0 Å². The van der Waals surface area contributed by atoms with Crippen molar-refractivity contribution >= 4 is 5.82 Å². The first-order valence-corrected chi connectivity index (χ1v) is 7.24. The van der Waals surface area contributed by atoms with Crippen LogP contribution < -0.4 is 10.1 Å². The molecule has 20 heavy (non-hydrogen) atoms. The lowest BCUT2D eigenvalue weighted by Crippen LogP contribution is -2.45. The number of anilines is 1. The van der Waals surface area contributed by atoms with Gasteiger partial charge in [-0.1, -0.05) is 6.92 Å². The van der Waals surface area contributed by atoms with E-state index in [4.69, 9.17) is 9.47 Å². The van der Waals surface area contributed by atoms with Crippen LogP contribution in [0.15, 0.2) is 12.4 Å². The molecular formula is C14H24N4O2. The van der Waals surface area contributed by atoms with E-state index in [1.165, 1.54) is 6.33 Å². The van der Waals surface area contributed by atoms with Crippen LogP contribution in [0.3, 0.4) is 0 Å². The Bertz CT molecular complexity index is 414. The first-order chi connectivity index (χ1) is 9.67. The van der Waals surface area contributed by atoms with Gasteiger partial charge in [0.1, 0.15) is 12.1 Å². The summed E-state index contributed by atoms with van der Waals surface area (Å²) in [5.41, 5.74) is 0. The standard InChI is InChI=1S/C14H24N4O2/c1-4-18-5-6-19-12(9-18)8-15-13-7-14(17-10-16-13)20-11(2)3/h7,10-12H,4-6,8-9H2,1-3H3,(H,15,16,17). The van der Waals surface area contributed by atoms with Crippen molar-refractivity contribution in [2.45, 2.75) is 33.0 Å². The molecular weight excluding hydrogens is 256 g/mol. The maximum Gasteiger partial charge on any atom is 0.218 e. The maximum absolute atomic E-state index is 5.75.